The zero-order valence-corrected chi connectivity index (χ0v) is 16.3. The number of carbonyl (C=O) groups is 1. The van der Waals surface area contributed by atoms with Gasteiger partial charge in [0, 0.05) is 6.54 Å². The molecule has 0 bridgehead atoms. The molecule has 2 aromatic carbocycles. The van der Waals surface area contributed by atoms with Crippen molar-refractivity contribution in [3.63, 3.8) is 0 Å². The molecule has 0 aliphatic carbocycles. The summed E-state index contributed by atoms with van der Waals surface area (Å²) in [6.07, 6.45) is 0.553. The Balaban J connectivity index is 0.00000261. The summed E-state index contributed by atoms with van der Waals surface area (Å²) in [7, 11) is -3.53. The molecule has 1 aliphatic heterocycles. The Morgan fingerprint density at radius 2 is 1.93 bits per heavy atom. The van der Waals surface area contributed by atoms with Gasteiger partial charge in [-0.1, -0.05) is 18.2 Å². The van der Waals surface area contributed by atoms with Gasteiger partial charge in [-0.3, -0.25) is 9.52 Å². The zero-order valence-electron chi connectivity index (χ0n) is 14.7. The third kappa shape index (κ3) is 4.77. The van der Waals surface area contributed by atoms with Crippen LogP contribution in [0.25, 0.3) is 0 Å². The number of carbonyl (C=O) groups excluding carboxylic acids is 1. The number of para-hydroxylation sites is 1. The number of anilines is 2. The van der Waals surface area contributed by atoms with Crippen LogP contribution in [0.5, 0.6) is 0 Å². The summed E-state index contributed by atoms with van der Waals surface area (Å²) < 4.78 is 40.7. The summed E-state index contributed by atoms with van der Waals surface area (Å²) in [4.78, 5) is 12.6. The van der Waals surface area contributed by atoms with E-state index in [0.717, 1.165) is 5.56 Å². The van der Waals surface area contributed by atoms with Crippen molar-refractivity contribution in [3.05, 3.63) is 58.9 Å². The van der Waals surface area contributed by atoms with Crippen LogP contribution in [-0.4, -0.2) is 26.6 Å². The third-order valence-corrected chi connectivity index (χ3v) is 5.56. The molecule has 27 heavy (non-hydrogen) atoms. The summed E-state index contributed by atoms with van der Waals surface area (Å²) in [6, 6.07) is 9.54. The molecule has 6 nitrogen and oxygen atoms in total. The smallest absolute Gasteiger partial charge is 0.257 e. The number of nitrogens with one attached hydrogen (secondary N) is 3. The van der Waals surface area contributed by atoms with Crippen LogP contribution in [0.3, 0.4) is 0 Å². The Hall–Kier alpha value is -2.16. The molecule has 9 heteroatoms. The minimum absolute atomic E-state index is 0. The van der Waals surface area contributed by atoms with Crippen LogP contribution in [0.2, 0.25) is 0 Å². The molecule has 0 saturated heterocycles. The summed E-state index contributed by atoms with van der Waals surface area (Å²) in [5.41, 5.74) is 1.85. The Kier molecular flexibility index (Phi) is 6.80. The van der Waals surface area contributed by atoms with Crippen molar-refractivity contribution >= 4 is 39.7 Å². The van der Waals surface area contributed by atoms with Crippen LogP contribution >= 0.6 is 12.4 Å². The van der Waals surface area contributed by atoms with Crippen molar-refractivity contribution in [2.45, 2.75) is 19.9 Å². The Labute approximate surface area is 164 Å². The Morgan fingerprint density at radius 1 is 1.19 bits per heavy atom. The highest BCUT2D eigenvalue weighted by Gasteiger charge is 2.20. The number of sulfonamides is 1. The summed E-state index contributed by atoms with van der Waals surface area (Å²) in [6.45, 7) is 2.79. The maximum absolute atomic E-state index is 14.7. The first-order valence-electron chi connectivity index (χ1n) is 8.33. The van der Waals surface area contributed by atoms with Crippen molar-refractivity contribution in [1.82, 2.24) is 5.32 Å². The molecule has 0 saturated carbocycles. The average molecular weight is 414 g/mol. The summed E-state index contributed by atoms with van der Waals surface area (Å²) in [5.74, 6) is -1.13. The quantitative estimate of drug-likeness (QED) is 0.703. The van der Waals surface area contributed by atoms with Gasteiger partial charge < -0.3 is 10.6 Å². The monoisotopic (exact) mass is 413 g/mol. The molecule has 0 unspecified atom stereocenters. The van der Waals surface area contributed by atoms with Gasteiger partial charge in [0.2, 0.25) is 10.0 Å². The van der Waals surface area contributed by atoms with Gasteiger partial charge >= 0.3 is 0 Å². The van der Waals surface area contributed by atoms with Crippen LogP contribution in [0.15, 0.2) is 36.4 Å². The van der Waals surface area contributed by atoms with Gasteiger partial charge in [0.1, 0.15) is 5.82 Å². The minimum atomic E-state index is -3.53. The number of fused-ring (bicyclic) bond motifs is 1. The fourth-order valence-corrected chi connectivity index (χ4v) is 3.49. The Bertz CT molecular complexity index is 951. The zero-order chi connectivity index (χ0) is 18.7. The number of amides is 1. The second kappa shape index (κ2) is 8.69. The van der Waals surface area contributed by atoms with E-state index in [1.54, 1.807) is 18.2 Å². The SMILES string of the molecule is CCS(=O)(=O)Nc1ccccc1C(=O)Nc1ccc2c(c1F)CCNC2.Cl. The van der Waals surface area contributed by atoms with Crippen molar-refractivity contribution < 1.29 is 17.6 Å². The van der Waals surface area contributed by atoms with Crippen molar-refractivity contribution in [2.75, 3.05) is 22.3 Å². The van der Waals surface area contributed by atoms with Gasteiger partial charge in [-0.25, -0.2) is 12.8 Å². The summed E-state index contributed by atoms with van der Waals surface area (Å²) >= 11 is 0. The van der Waals surface area contributed by atoms with Gasteiger partial charge in [0.25, 0.3) is 5.91 Å². The fourth-order valence-electron chi connectivity index (χ4n) is 2.83. The first-order chi connectivity index (χ1) is 12.4. The molecular formula is C18H21ClFN3O3S. The van der Waals surface area contributed by atoms with Gasteiger partial charge in [0.15, 0.2) is 0 Å². The van der Waals surface area contributed by atoms with Gasteiger partial charge in [-0.05, 0) is 49.2 Å². The van der Waals surface area contributed by atoms with E-state index in [4.69, 9.17) is 0 Å². The molecule has 3 rings (SSSR count). The molecule has 0 fully saturated rings. The lowest BCUT2D eigenvalue weighted by Crippen LogP contribution is -2.25. The van der Waals surface area contributed by atoms with Crippen molar-refractivity contribution in [3.8, 4) is 0 Å². The predicted molar refractivity (Wildman–Crippen MR) is 107 cm³/mol. The normalized spacial score (nSPS) is 13.3. The lowest BCUT2D eigenvalue weighted by molar-refractivity contribution is 0.102. The van der Waals surface area contributed by atoms with E-state index in [1.165, 1.54) is 25.1 Å². The predicted octanol–water partition coefficient (Wildman–Crippen LogP) is 2.91. The van der Waals surface area contributed by atoms with E-state index in [2.05, 4.69) is 15.4 Å². The van der Waals surface area contributed by atoms with Crippen LogP contribution in [-0.2, 0) is 23.0 Å². The van der Waals surface area contributed by atoms with E-state index in [0.29, 0.717) is 25.1 Å². The lowest BCUT2D eigenvalue weighted by atomic mass is 9.99. The molecule has 0 atom stereocenters. The molecule has 1 heterocycles. The second-order valence-electron chi connectivity index (χ2n) is 6.00. The molecular weight excluding hydrogens is 393 g/mol. The largest absolute Gasteiger partial charge is 0.319 e. The maximum atomic E-state index is 14.7. The molecule has 3 N–H and O–H groups in total. The standard InChI is InChI=1S/C18H20FN3O3S.ClH/c1-2-26(24,25)22-15-6-4-3-5-14(15)18(23)21-16-8-7-12-11-20-10-9-13(12)17(16)19;/h3-8,20,22H,2,9-11H2,1H3,(H,21,23);1H. The Morgan fingerprint density at radius 3 is 2.67 bits per heavy atom. The molecule has 1 aliphatic rings. The minimum Gasteiger partial charge on any atom is -0.319 e. The lowest BCUT2D eigenvalue weighted by Gasteiger charge is -2.19. The number of halogens is 2. The highest BCUT2D eigenvalue weighted by molar-refractivity contribution is 7.92. The van der Waals surface area contributed by atoms with Crippen LogP contribution in [0, 0.1) is 5.82 Å². The van der Waals surface area contributed by atoms with Crippen LogP contribution in [0.4, 0.5) is 15.8 Å². The van der Waals surface area contributed by atoms with E-state index >= 15 is 0 Å². The molecule has 0 radical (unpaired) electrons. The fraction of sp³-hybridized carbons (Fsp3) is 0.278. The van der Waals surface area contributed by atoms with E-state index in [-0.39, 0.29) is 35.1 Å². The number of benzene rings is 2. The first kappa shape index (κ1) is 21.1. The molecule has 0 aromatic heterocycles. The number of hydrogen-bond acceptors (Lipinski definition) is 4. The first-order valence-corrected chi connectivity index (χ1v) is 9.98. The second-order valence-corrected chi connectivity index (χ2v) is 8.01. The van der Waals surface area contributed by atoms with Crippen LogP contribution < -0.4 is 15.4 Å². The van der Waals surface area contributed by atoms with Crippen molar-refractivity contribution in [2.24, 2.45) is 0 Å². The number of hydrogen-bond donors (Lipinski definition) is 3. The van der Waals surface area contributed by atoms with Gasteiger partial charge in [0.05, 0.1) is 22.7 Å². The molecule has 2 aromatic rings. The van der Waals surface area contributed by atoms with Crippen molar-refractivity contribution in [1.29, 1.82) is 0 Å². The average Bonchev–Trinajstić information content (AvgIpc) is 2.64. The molecule has 0 spiro atoms. The van der Waals surface area contributed by atoms with Gasteiger partial charge in [-0.2, -0.15) is 0 Å². The highest BCUT2D eigenvalue weighted by atomic mass is 35.5. The van der Waals surface area contributed by atoms with E-state index in [1.807, 2.05) is 0 Å². The topological polar surface area (TPSA) is 87.3 Å². The highest BCUT2D eigenvalue weighted by Crippen LogP contribution is 2.26. The van der Waals surface area contributed by atoms with E-state index in [9.17, 15) is 17.6 Å². The van der Waals surface area contributed by atoms with Crippen LogP contribution in [0.1, 0.15) is 28.4 Å². The maximum Gasteiger partial charge on any atom is 0.257 e. The van der Waals surface area contributed by atoms with E-state index < -0.39 is 21.7 Å². The number of rotatable bonds is 5. The molecule has 146 valence electrons. The summed E-state index contributed by atoms with van der Waals surface area (Å²) in [5, 5.41) is 5.72. The van der Waals surface area contributed by atoms with Gasteiger partial charge in [-0.15, -0.1) is 12.4 Å². The third-order valence-electron chi connectivity index (χ3n) is 4.27. The molecule has 1 amide bonds.